The van der Waals surface area contributed by atoms with Gasteiger partial charge in [0.25, 0.3) is 0 Å². The number of aromatic nitrogens is 4. The minimum Gasteiger partial charge on any atom is -0.465 e. The highest BCUT2D eigenvalue weighted by molar-refractivity contribution is 6.15. The van der Waals surface area contributed by atoms with Crippen molar-refractivity contribution in [1.29, 1.82) is 0 Å². The second-order valence-corrected chi connectivity index (χ2v) is 5.89. The van der Waals surface area contributed by atoms with E-state index in [4.69, 9.17) is 9.15 Å². The molecule has 0 bridgehead atoms. The van der Waals surface area contributed by atoms with E-state index in [-0.39, 0.29) is 12.3 Å². The lowest BCUT2D eigenvalue weighted by Crippen LogP contribution is -2.15. The molecular weight excluding hydrogens is 356 g/mol. The molecule has 0 saturated heterocycles. The monoisotopic (exact) mass is 372 g/mol. The number of carbonyl (C=O) groups excluding carboxylic acids is 1. The number of furan rings is 1. The predicted octanol–water partition coefficient (Wildman–Crippen LogP) is 3.67. The Hall–Kier alpha value is -4.00. The van der Waals surface area contributed by atoms with Gasteiger partial charge in [-0.15, -0.1) is 5.10 Å². The SMILES string of the molecule is O=C(OCc1ccccc1)/C(=C/c1ccco1)n1nnnc1-c1ccccc1. The Bertz CT molecular complexity index is 1070. The molecule has 0 atom stereocenters. The number of rotatable bonds is 6. The van der Waals surface area contributed by atoms with Gasteiger partial charge >= 0.3 is 5.97 Å². The lowest BCUT2D eigenvalue weighted by atomic mass is 10.2. The van der Waals surface area contributed by atoms with Crippen LogP contribution in [0.4, 0.5) is 0 Å². The van der Waals surface area contributed by atoms with E-state index >= 15 is 0 Å². The van der Waals surface area contributed by atoms with Gasteiger partial charge in [-0.25, -0.2) is 4.79 Å². The summed E-state index contributed by atoms with van der Waals surface area (Å²) in [5, 5.41) is 11.8. The number of hydrogen-bond acceptors (Lipinski definition) is 6. The zero-order chi connectivity index (χ0) is 19.2. The molecule has 7 nitrogen and oxygen atoms in total. The van der Waals surface area contributed by atoms with Gasteiger partial charge in [0, 0.05) is 11.6 Å². The molecule has 0 aliphatic carbocycles. The maximum absolute atomic E-state index is 12.9. The fourth-order valence-electron chi connectivity index (χ4n) is 2.63. The average molecular weight is 372 g/mol. The molecule has 0 saturated carbocycles. The first-order chi connectivity index (χ1) is 13.8. The Balaban J connectivity index is 1.68. The van der Waals surface area contributed by atoms with Gasteiger partial charge in [0.05, 0.1) is 6.26 Å². The standard InChI is InChI=1S/C21H16N4O3/c26-21(28-15-16-8-3-1-4-9-16)19(14-18-12-7-13-27-18)25-20(22-23-24-25)17-10-5-2-6-11-17/h1-14H,15H2/b19-14-. The third-order valence-electron chi connectivity index (χ3n) is 3.97. The van der Waals surface area contributed by atoms with Crippen molar-refractivity contribution in [3.63, 3.8) is 0 Å². The molecule has 7 heteroatoms. The number of hydrogen-bond donors (Lipinski definition) is 0. The second kappa shape index (κ2) is 8.13. The lowest BCUT2D eigenvalue weighted by molar-refractivity contribution is -0.138. The first-order valence-corrected chi connectivity index (χ1v) is 8.62. The topological polar surface area (TPSA) is 83.0 Å². The maximum Gasteiger partial charge on any atom is 0.357 e. The fraction of sp³-hybridized carbons (Fsp3) is 0.0476. The van der Waals surface area contributed by atoms with Crippen LogP contribution in [-0.4, -0.2) is 26.2 Å². The molecule has 0 fully saturated rings. The van der Waals surface area contributed by atoms with Crippen LogP contribution >= 0.6 is 0 Å². The molecule has 4 aromatic rings. The van der Waals surface area contributed by atoms with Crippen LogP contribution in [0.15, 0.2) is 83.5 Å². The van der Waals surface area contributed by atoms with Gasteiger partial charge in [-0.1, -0.05) is 60.7 Å². The summed E-state index contributed by atoms with van der Waals surface area (Å²) in [6.45, 7) is 0.137. The first kappa shape index (κ1) is 17.4. The van der Waals surface area contributed by atoms with Crippen molar-refractivity contribution >= 4 is 17.7 Å². The molecule has 28 heavy (non-hydrogen) atoms. The van der Waals surface area contributed by atoms with Gasteiger partial charge in [0.1, 0.15) is 12.4 Å². The van der Waals surface area contributed by atoms with Crippen LogP contribution in [0.2, 0.25) is 0 Å². The molecule has 2 heterocycles. The van der Waals surface area contributed by atoms with E-state index in [2.05, 4.69) is 15.5 Å². The molecule has 0 radical (unpaired) electrons. The normalized spacial score (nSPS) is 11.4. The highest BCUT2D eigenvalue weighted by atomic mass is 16.5. The van der Waals surface area contributed by atoms with Gasteiger partial charge in [-0.3, -0.25) is 0 Å². The quantitative estimate of drug-likeness (QED) is 0.379. The Morgan fingerprint density at radius 3 is 2.46 bits per heavy atom. The van der Waals surface area contributed by atoms with Gasteiger partial charge in [-0.05, 0) is 28.1 Å². The van der Waals surface area contributed by atoms with Crippen molar-refractivity contribution in [3.05, 3.63) is 90.4 Å². The molecule has 4 rings (SSSR count). The number of benzene rings is 2. The number of ether oxygens (including phenoxy) is 1. The number of carbonyl (C=O) groups is 1. The van der Waals surface area contributed by atoms with E-state index in [0.29, 0.717) is 11.6 Å². The van der Waals surface area contributed by atoms with Crippen LogP contribution in [0.1, 0.15) is 11.3 Å². The molecular formula is C21H16N4O3. The molecule has 2 aromatic carbocycles. The van der Waals surface area contributed by atoms with Crippen molar-refractivity contribution in [1.82, 2.24) is 20.2 Å². The van der Waals surface area contributed by atoms with E-state index in [1.807, 2.05) is 60.7 Å². The molecule has 0 aliphatic heterocycles. The zero-order valence-corrected chi connectivity index (χ0v) is 14.8. The van der Waals surface area contributed by atoms with E-state index in [0.717, 1.165) is 11.1 Å². The van der Waals surface area contributed by atoms with Crippen LogP contribution in [-0.2, 0) is 16.1 Å². The van der Waals surface area contributed by atoms with Crippen LogP contribution in [0.25, 0.3) is 23.2 Å². The highest BCUT2D eigenvalue weighted by Gasteiger charge is 2.21. The molecule has 0 spiro atoms. The molecule has 0 unspecified atom stereocenters. The molecule has 0 amide bonds. The number of nitrogens with zero attached hydrogens (tertiary/aromatic N) is 4. The fourth-order valence-corrected chi connectivity index (χ4v) is 2.63. The summed E-state index contributed by atoms with van der Waals surface area (Å²) in [6, 6.07) is 22.3. The Morgan fingerprint density at radius 1 is 1.00 bits per heavy atom. The summed E-state index contributed by atoms with van der Waals surface area (Å²) < 4.78 is 12.2. The van der Waals surface area contributed by atoms with E-state index in [1.165, 1.54) is 10.9 Å². The largest absolute Gasteiger partial charge is 0.465 e. The summed E-state index contributed by atoms with van der Waals surface area (Å²) in [6.07, 6.45) is 3.08. The predicted molar refractivity (Wildman–Crippen MR) is 102 cm³/mol. The van der Waals surface area contributed by atoms with Crippen LogP contribution in [0.5, 0.6) is 0 Å². The van der Waals surface area contributed by atoms with E-state index < -0.39 is 5.97 Å². The van der Waals surface area contributed by atoms with Gasteiger partial charge < -0.3 is 9.15 Å². The van der Waals surface area contributed by atoms with Gasteiger partial charge in [0.15, 0.2) is 11.5 Å². The third kappa shape index (κ3) is 3.88. The van der Waals surface area contributed by atoms with E-state index in [1.54, 1.807) is 18.2 Å². The summed E-state index contributed by atoms with van der Waals surface area (Å²) >= 11 is 0. The summed E-state index contributed by atoms with van der Waals surface area (Å²) in [5.74, 6) is 0.348. The van der Waals surface area contributed by atoms with Gasteiger partial charge in [0.2, 0.25) is 0 Å². The maximum atomic E-state index is 12.9. The first-order valence-electron chi connectivity index (χ1n) is 8.62. The van der Waals surface area contributed by atoms with Crippen molar-refractivity contribution in [2.75, 3.05) is 0 Å². The summed E-state index contributed by atoms with van der Waals surface area (Å²) in [7, 11) is 0. The zero-order valence-electron chi connectivity index (χ0n) is 14.8. The Kier molecular flexibility index (Phi) is 5.06. The smallest absolute Gasteiger partial charge is 0.357 e. The summed E-state index contributed by atoms with van der Waals surface area (Å²) in [5.41, 5.74) is 1.80. The Labute approximate surface area is 160 Å². The minimum atomic E-state index is -0.565. The van der Waals surface area contributed by atoms with Gasteiger partial charge in [-0.2, -0.15) is 4.68 Å². The molecule has 0 N–H and O–H groups in total. The lowest BCUT2D eigenvalue weighted by Gasteiger charge is -2.10. The van der Waals surface area contributed by atoms with Crippen LogP contribution in [0.3, 0.4) is 0 Å². The third-order valence-corrected chi connectivity index (χ3v) is 3.97. The van der Waals surface area contributed by atoms with Crippen molar-refractivity contribution in [3.8, 4) is 11.4 Å². The average Bonchev–Trinajstić information content (AvgIpc) is 3.43. The second-order valence-electron chi connectivity index (χ2n) is 5.89. The van der Waals surface area contributed by atoms with E-state index in [9.17, 15) is 4.79 Å². The van der Waals surface area contributed by atoms with Crippen molar-refractivity contribution in [2.45, 2.75) is 6.61 Å². The molecule has 2 aromatic heterocycles. The molecule has 138 valence electrons. The number of esters is 1. The van der Waals surface area contributed by atoms with Crippen LogP contribution < -0.4 is 0 Å². The molecule has 0 aliphatic rings. The van der Waals surface area contributed by atoms with Crippen molar-refractivity contribution in [2.24, 2.45) is 0 Å². The highest BCUT2D eigenvalue weighted by Crippen LogP contribution is 2.21. The summed E-state index contributed by atoms with van der Waals surface area (Å²) in [4.78, 5) is 12.9. The minimum absolute atomic E-state index is 0.137. The van der Waals surface area contributed by atoms with Crippen molar-refractivity contribution < 1.29 is 13.9 Å². The van der Waals surface area contributed by atoms with Crippen LogP contribution in [0, 0.1) is 0 Å². The Morgan fingerprint density at radius 2 is 1.75 bits per heavy atom. The number of tetrazole rings is 1.